The van der Waals surface area contributed by atoms with Crippen LogP contribution in [0.5, 0.6) is 0 Å². The summed E-state index contributed by atoms with van der Waals surface area (Å²) >= 11 is 0. The maximum Gasteiger partial charge on any atom is 0.132 e. The van der Waals surface area contributed by atoms with Crippen molar-refractivity contribution in [3.05, 3.63) is 29.8 Å². The fourth-order valence-electron chi connectivity index (χ4n) is 1.51. The Hall–Kier alpha value is -1.31. The summed E-state index contributed by atoms with van der Waals surface area (Å²) < 4.78 is 0. The molecule has 0 unspecified atom stereocenters. The van der Waals surface area contributed by atoms with Gasteiger partial charge in [0.2, 0.25) is 0 Å². The smallest absolute Gasteiger partial charge is 0.132 e. The summed E-state index contributed by atoms with van der Waals surface area (Å²) in [6.07, 6.45) is 5.24. The van der Waals surface area contributed by atoms with Crippen molar-refractivity contribution >= 4 is 11.5 Å². The Balaban J connectivity index is 0.000000151. The lowest BCUT2D eigenvalue weighted by atomic mass is 10.00. The van der Waals surface area contributed by atoms with E-state index in [1.54, 1.807) is 0 Å². The lowest BCUT2D eigenvalue weighted by molar-refractivity contribution is -0.120. The maximum atomic E-state index is 10.5. The summed E-state index contributed by atoms with van der Waals surface area (Å²) in [5.74, 6) is 0.464. The molecule has 82 valence electrons. The van der Waals surface area contributed by atoms with E-state index in [9.17, 15) is 4.79 Å². The van der Waals surface area contributed by atoms with E-state index in [4.69, 9.17) is 5.73 Å². The highest BCUT2D eigenvalue weighted by Crippen LogP contribution is 2.12. The van der Waals surface area contributed by atoms with Crippen LogP contribution in [-0.2, 0) is 4.79 Å². The molecule has 1 aromatic rings. The zero-order valence-electron chi connectivity index (χ0n) is 9.33. The number of carbonyl (C=O) groups is 1. The largest absolute Gasteiger partial charge is 0.399 e. The van der Waals surface area contributed by atoms with E-state index >= 15 is 0 Å². The van der Waals surface area contributed by atoms with Crippen LogP contribution in [0.2, 0.25) is 0 Å². The molecule has 1 aliphatic rings. The number of Topliss-reactive ketones (excluding diaryl/α,β-unsaturated/α-hetero) is 1. The van der Waals surface area contributed by atoms with Crippen LogP contribution in [0, 0.1) is 6.92 Å². The van der Waals surface area contributed by atoms with Crippen molar-refractivity contribution in [3.63, 3.8) is 0 Å². The van der Waals surface area contributed by atoms with E-state index < -0.39 is 0 Å². The number of aryl methyl sites for hydroxylation is 1. The normalized spacial score (nSPS) is 15.4. The first-order valence-electron chi connectivity index (χ1n) is 5.52. The third-order valence-electron chi connectivity index (χ3n) is 2.49. The molecule has 1 saturated carbocycles. The Labute approximate surface area is 91.5 Å². The first-order chi connectivity index (χ1) is 7.18. The number of anilines is 1. The van der Waals surface area contributed by atoms with Crippen molar-refractivity contribution in [2.75, 3.05) is 5.73 Å². The van der Waals surface area contributed by atoms with E-state index in [-0.39, 0.29) is 0 Å². The van der Waals surface area contributed by atoms with Gasteiger partial charge in [0.1, 0.15) is 5.78 Å². The van der Waals surface area contributed by atoms with Crippen molar-refractivity contribution in [2.24, 2.45) is 0 Å². The lowest BCUT2D eigenvalue weighted by Crippen LogP contribution is -2.02. The highest BCUT2D eigenvalue weighted by atomic mass is 16.1. The molecule has 2 rings (SSSR count). The molecule has 2 heteroatoms. The second-order valence-corrected chi connectivity index (χ2v) is 4.01. The Morgan fingerprint density at radius 1 is 1.00 bits per heavy atom. The van der Waals surface area contributed by atoms with Gasteiger partial charge in [-0.05, 0) is 31.9 Å². The average Bonchev–Trinajstić information content (AvgIpc) is 2.25. The number of carbonyl (C=O) groups excluding carboxylic acids is 1. The molecule has 0 atom stereocenters. The number of hydrogen-bond acceptors (Lipinski definition) is 2. The first kappa shape index (κ1) is 11.8. The predicted molar refractivity (Wildman–Crippen MR) is 63.7 cm³/mol. The molecule has 0 spiro atoms. The third kappa shape index (κ3) is 5.21. The van der Waals surface area contributed by atoms with Crippen LogP contribution in [-0.4, -0.2) is 5.78 Å². The minimum absolute atomic E-state index is 0.464. The van der Waals surface area contributed by atoms with Gasteiger partial charge in [-0.1, -0.05) is 24.1 Å². The molecule has 2 nitrogen and oxygen atoms in total. The van der Waals surface area contributed by atoms with E-state index in [0.29, 0.717) is 5.78 Å². The Morgan fingerprint density at radius 2 is 1.53 bits per heavy atom. The molecule has 0 radical (unpaired) electrons. The van der Waals surface area contributed by atoms with Crippen molar-refractivity contribution in [1.82, 2.24) is 0 Å². The zero-order valence-corrected chi connectivity index (χ0v) is 9.33. The second kappa shape index (κ2) is 6.23. The minimum atomic E-state index is 0.464. The van der Waals surface area contributed by atoms with Crippen LogP contribution in [0.25, 0.3) is 0 Å². The molecule has 0 amide bonds. The van der Waals surface area contributed by atoms with Crippen LogP contribution >= 0.6 is 0 Å². The lowest BCUT2D eigenvalue weighted by Gasteiger charge is -2.05. The standard InChI is InChI=1S/C7H9N.C6H10O/c1-6-2-4-7(8)5-3-6;7-6-4-2-1-3-5-6/h2-5H,8H2,1H3;1-5H2. The fourth-order valence-corrected chi connectivity index (χ4v) is 1.51. The Bertz CT molecular complexity index is 274. The van der Waals surface area contributed by atoms with Gasteiger partial charge in [0.05, 0.1) is 0 Å². The van der Waals surface area contributed by atoms with Gasteiger partial charge in [-0.15, -0.1) is 0 Å². The van der Waals surface area contributed by atoms with Gasteiger partial charge in [0, 0.05) is 18.5 Å². The van der Waals surface area contributed by atoms with Crippen LogP contribution in [0.15, 0.2) is 24.3 Å². The summed E-state index contributed by atoms with van der Waals surface area (Å²) in [5.41, 5.74) is 7.51. The molecule has 0 saturated heterocycles. The number of rotatable bonds is 0. The fraction of sp³-hybridized carbons (Fsp3) is 0.462. The van der Waals surface area contributed by atoms with Crippen molar-refractivity contribution in [3.8, 4) is 0 Å². The van der Waals surface area contributed by atoms with E-state index in [2.05, 4.69) is 0 Å². The van der Waals surface area contributed by atoms with Crippen molar-refractivity contribution < 1.29 is 4.79 Å². The van der Waals surface area contributed by atoms with Crippen LogP contribution < -0.4 is 5.73 Å². The molecule has 0 aliphatic heterocycles. The molecule has 1 fully saturated rings. The summed E-state index contributed by atoms with van der Waals surface area (Å²) in [6.45, 7) is 2.04. The van der Waals surface area contributed by atoms with Gasteiger partial charge in [-0.25, -0.2) is 0 Å². The highest BCUT2D eigenvalue weighted by Gasteiger charge is 2.05. The number of nitrogens with two attached hydrogens (primary N) is 1. The van der Waals surface area contributed by atoms with Gasteiger partial charge >= 0.3 is 0 Å². The molecule has 2 N–H and O–H groups in total. The average molecular weight is 205 g/mol. The SMILES string of the molecule is Cc1ccc(N)cc1.O=C1CCCCC1. The van der Waals surface area contributed by atoms with Crippen LogP contribution in [0.4, 0.5) is 5.69 Å². The van der Waals surface area contributed by atoms with Gasteiger partial charge in [0.25, 0.3) is 0 Å². The zero-order chi connectivity index (χ0) is 11.1. The molecular weight excluding hydrogens is 186 g/mol. The molecule has 15 heavy (non-hydrogen) atoms. The molecule has 0 bridgehead atoms. The van der Waals surface area contributed by atoms with Crippen molar-refractivity contribution in [2.45, 2.75) is 39.0 Å². The van der Waals surface area contributed by atoms with Gasteiger partial charge in [-0.3, -0.25) is 4.79 Å². The first-order valence-corrected chi connectivity index (χ1v) is 5.52. The molecule has 0 aromatic heterocycles. The van der Waals surface area contributed by atoms with Gasteiger partial charge in [-0.2, -0.15) is 0 Å². The van der Waals surface area contributed by atoms with E-state index in [0.717, 1.165) is 31.4 Å². The van der Waals surface area contributed by atoms with Gasteiger partial charge in [0.15, 0.2) is 0 Å². The minimum Gasteiger partial charge on any atom is -0.399 e. The quantitative estimate of drug-likeness (QED) is 0.661. The third-order valence-corrected chi connectivity index (χ3v) is 2.49. The highest BCUT2D eigenvalue weighted by molar-refractivity contribution is 5.78. The monoisotopic (exact) mass is 205 g/mol. The summed E-state index contributed by atoms with van der Waals surface area (Å²) in [6, 6.07) is 7.79. The summed E-state index contributed by atoms with van der Waals surface area (Å²) in [7, 11) is 0. The van der Waals surface area contributed by atoms with Crippen molar-refractivity contribution in [1.29, 1.82) is 0 Å². The summed E-state index contributed by atoms with van der Waals surface area (Å²) in [5, 5.41) is 0. The van der Waals surface area contributed by atoms with E-state index in [1.807, 2.05) is 31.2 Å². The molecule has 1 aliphatic carbocycles. The second-order valence-electron chi connectivity index (χ2n) is 4.01. The van der Waals surface area contributed by atoms with Crippen LogP contribution in [0.1, 0.15) is 37.7 Å². The topological polar surface area (TPSA) is 43.1 Å². The number of nitrogen functional groups attached to an aromatic ring is 1. The Kier molecular flexibility index (Phi) is 4.88. The number of ketones is 1. The van der Waals surface area contributed by atoms with Crippen LogP contribution in [0.3, 0.4) is 0 Å². The molecule has 0 heterocycles. The molecular formula is C13H19NO. The Morgan fingerprint density at radius 3 is 1.87 bits per heavy atom. The van der Waals surface area contributed by atoms with Gasteiger partial charge < -0.3 is 5.73 Å². The maximum absolute atomic E-state index is 10.5. The number of benzene rings is 1. The molecule has 1 aromatic carbocycles. The predicted octanol–water partition coefficient (Wildman–Crippen LogP) is 3.10. The van der Waals surface area contributed by atoms with E-state index in [1.165, 1.54) is 12.0 Å². The summed E-state index contributed by atoms with van der Waals surface area (Å²) in [4.78, 5) is 10.5. The number of hydrogen-bond donors (Lipinski definition) is 1.